The lowest BCUT2D eigenvalue weighted by atomic mass is 9.68. The van der Waals surface area contributed by atoms with Crippen LogP contribution in [0, 0.1) is 11.7 Å². The fraction of sp³-hybridized carbons (Fsp3) is 0.654. The van der Waals surface area contributed by atoms with Crippen LogP contribution in [0.25, 0.3) is 0 Å². The lowest BCUT2D eigenvalue weighted by molar-refractivity contribution is -0.134. The fourth-order valence-electron chi connectivity index (χ4n) is 6.13. The lowest BCUT2D eigenvalue weighted by Crippen LogP contribution is -2.56. The van der Waals surface area contributed by atoms with Gasteiger partial charge in [0.15, 0.2) is 0 Å². The van der Waals surface area contributed by atoms with E-state index in [4.69, 9.17) is 5.73 Å². The van der Waals surface area contributed by atoms with E-state index in [0.29, 0.717) is 12.5 Å². The van der Waals surface area contributed by atoms with Crippen LogP contribution >= 0.6 is 0 Å². The van der Waals surface area contributed by atoms with Crippen molar-refractivity contribution in [3.8, 4) is 0 Å². The van der Waals surface area contributed by atoms with Crippen molar-refractivity contribution in [2.75, 3.05) is 47.3 Å². The van der Waals surface area contributed by atoms with Crippen LogP contribution in [-0.2, 0) is 15.1 Å². The van der Waals surface area contributed by atoms with Crippen molar-refractivity contribution in [1.29, 1.82) is 0 Å². The Morgan fingerprint density at radius 1 is 1.09 bits per heavy atom. The van der Waals surface area contributed by atoms with Crippen LogP contribution in [0.3, 0.4) is 0 Å². The van der Waals surface area contributed by atoms with E-state index < -0.39 is 5.91 Å². The number of carbonyl (C=O) groups excluding carboxylic acids is 3. The molecular formula is C26H38FN5O3. The quantitative estimate of drug-likeness (QED) is 0.610. The standard InChI is InChI=1S/C26H38FN5O3/c1-29(2)26(20-7-9-21(27)10-8-20)13-11-25(12-14-26)18-31(17-23(34)30(3)16-22(28)33)24(35)32(25)15-19-5-4-6-19/h7-10,19H,4-6,11-18H2,1-3H3,(H2,28,33)/t25-,26-. The molecule has 8 nitrogen and oxygen atoms in total. The number of benzene rings is 1. The third-order valence-corrected chi connectivity index (χ3v) is 8.62. The van der Waals surface area contributed by atoms with Crippen LogP contribution in [0.15, 0.2) is 24.3 Å². The second-order valence-electron chi connectivity index (χ2n) is 10.9. The third kappa shape index (κ3) is 4.87. The van der Waals surface area contributed by atoms with E-state index in [-0.39, 0.29) is 41.9 Å². The second-order valence-corrected chi connectivity index (χ2v) is 10.9. The van der Waals surface area contributed by atoms with Crippen molar-refractivity contribution < 1.29 is 18.8 Å². The summed E-state index contributed by atoms with van der Waals surface area (Å²) in [4.78, 5) is 44.7. The molecule has 35 heavy (non-hydrogen) atoms. The zero-order valence-corrected chi connectivity index (χ0v) is 21.1. The van der Waals surface area contributed by atoms with Gasteiger partial charge >= 0.3 is 6.03 Å². The van der Waals surface area contributed by atoms with Gasteiger partial charge in [0, 0.05) is 25.7 Å². The third-order valence-electron chi connectivity index (χ3n) is 8.62. The number of nitrogens with two attached hydrogens (primary N) is 1. The molecular weight excluding hydrogens is 449 g/mol. The summed E-state index contributed by atoms with van der Waals surface area (Å²) >= 11 is 0. The summed E-state index contributed by atoms with van der Waals surface area (Å²) in [6.07, 6.45) is 6.77. The van der Waals surface area contributed by atoms with E-state index >= 15 is 0 Å². The topological polar surface area (TPSA) is 90.2 Å². The number of urea groups is 1. The van der Waals surface area contributed by atoms with Crippen LogP contribution < -0.4 is 5.73 Å². The van der Waals surface area contributed by atoms with Crippen LogP contribution in [-0.4, -0.2) is 90.3 Å². The highest BCUT2D eigenvalue weighted by atomic mass is 19.1. The Kier molecular flexibility index (Phi) is 7.09. The number of amides is 4. The minimum absolute atomic E-state index is 0.0533. The average molecular weight is 488 g/mol. The Labute approximate surface area is 207 Å². The number of hydrogen-bond acceptors (Lipinski definition) is 4. The molecule has 1 heterocycles. The minimum Gasteiger partial charge on any atom is -0.368 e. The lowest BCUT2D eigenvalue weighted by Gasteiger charge is -2.51. The smallest absolute Gasteiger partial charge is 0.321 e. The van der Waals surface area contributed by atoms with Crippen molar-refractivity contribution in [2.24, 2.45) is 11.7 Å². The van der Waals surface area contributed by atoms with E-state index in [1.807, 2.05) is 17.0 Å². The molecule has 4 rings (SSSR count). The summed E-state index contributed by atoms with van der Waals surface area (Å²) in [5, 5.41) is 0. The van der Waals surface area contributed by atoms with Gasteiger partial charge in [0.05, 0.1) is 12.1 Å². The summed E-state index contributed by atoms with van der Waals surface area (Å²) in [7, 11) is 5.66. The van der Waals surface area contributed by atoms with Crippen LogP contribution in [0.2, 0.25) is 0 Å². The van der Waals surface area contributed by atoms with Gasteiger partial charge in [0.25, 0.3) is 0 Å². The average Bonchev–Trinajstić information content (AvgIpc) is 3.01. The predicted octanol–water partition coefficient (Wildman–Crippen LogP) is 2.38. The highest BCUT2D eigenvalue weighted by molar-refractivity contribution is 5.88. The van der Waals surface area contributed by atoms with Gasteiger partial charge in [-0.05, 0) is 76.2 Å². The van der Waals surface area contributed by atoms with E-state index in [2.05, 4.69) is 19.0 Å². The van der Waals surface area contributed by atoms with Gasteiger partial charge in [0.2, 0.25) is 11.8 Å². The number of carbonyl (C=O) groups is 3. The van der Waals surface area contributed by atoms with Gasteiger partial charge in [0.1, 0.15) is 12.4 Å². The normalized spacial score (nSPS) is 26.9. The number of hydrogen-bond donors (Lipinski definition) is 1. The largest absolute Gasteiger partial charge is 0.368 e. The highest BCUT2D eigenvalue weighted by Gasteiger charge is 2.55. The van der Waals surface area contributed by atoms with Crippen LogP contribution in [0.1, 0.15) is 50.5 Å². The first-order valence-corrected chi connectivity index (χ1v) is 12.6. The Balaban J connectivity index is 1.55. The number of likely N-dealkylation sites (N-methyl/N-ethyl adjacent to an activating group) is 1. The molecule has 1 saturated heterocycles. The maximum absolute atomic E-state index is 13.6. The molecule has 1 aliphatic heterocycles. The second kappa shape index (κ2) is 9.76. The van der Waals surface area contributed by atoms with Gasteiger partial charge in [-0.2, -0.15) is 0 Å². The van der Waals surface area contributed by atoms with Gasteiger partial charge in [-0.25, -0.2) is 9.18 Å². The number of primary amides is 1. The zero-order chi connectivity index (χ0) is 25.4. The van der Waals surface area contributed by atoms with E-state index in [1.54, 1.807) is 4.90 Å². The first kappa shape index (κ1) is 25.4. The van der Waals surface area contributed by atoms with Crippen molar-refractivity contribution >= 4 is 17.8 Å². The molecule has 9 heteroatoms. The molecule has 192 valence electrons. The molecule has 2 N–H and O–H groups in total. The molecule has 1 spiro atoms. The molecule has 2 aliphatic carbocycles. The zero-order valence-electron chi connectivity index (χ0n) is 21.1. The molecule has 3 aliphatic rings. The molecule has 3 fully saturated rings. The Bertz CT molecular complexity index is 954. The van der Waals surface area contributed by atoms with E-state index in [9.17, 15) is 18.8 Å². The van der Waals surface area contributed by atoms with Gasteiger partial charge in [-0.1, -0.05) is 18.6 Å². The SMILES string of the molecule is CN(CC(N)=O)C(=O)CN1C[C@]2(CC[C@@](c3ccc(F)cc3)(N(C)C)CC2)N(CC2CCC2)C1=O. The molecule has 4 amide bonds. The maximum Gasteiger partial charge on any atom is 0.321 e. The molecule has 0 bridgehead atoms. The highest BCUT2D eigenvalue weighted by Crippen LogP contribution is 2.49. The maximum atomic E-state index is 13.6. The van der Waals surface area contributed by atoms with E-state index in [0.717, 1.165) is 50.6 Å². The monoisotopic (exact) mass is 487 g/mol. The van der Waals surface area contributed by atoms with Crippen molar-refractivity contribution in [3.63, 3.8) is 0 Å². The van der Waals surface area contributed by atoms with Crippen molar-refractivity contribution in [2.45, 2.75) is 56.0 Å². The molecule has 2 saturated carbocycles. The fourth-order valence-corrected chi connectivity index (χ4v) is 6.13. The number of nitrogens with zero attached hydrogens (tertiary/aromatic N) is 4. The van der Waals surface area contributed by atoms with E-state index in [1.165, 1.54) is 30.5 Å². The van der Waals surface area contributed by atoms with Crippen molar-refractivity contribution in [1.82, 2.24) is 19.6 Å². The predicted molar refractivity (Wildman–Crippen MR) is 131 cm³/mol. The summed E-state index contributed by atoms with van der Waals surface area (Å²) in [6.45, 7) is 1.01. The summed E-state index contributed by atoms with van der Waals surface area (Å²) in [5.41, 5.74) is 5.78. The molecule has 0 aromatic heterocycles. The molecule has 1 aromatic rings. The number of halogens is 1. The molecule has 0 atom stereocenters. The first-order valence-electron chi connectivity index (χ1n) is 12.6. The molecule has 0 unspecified atom stereocenters. The van der Waals surface area contributed by atoms with Crippen LogP contribution in [0.5, 0.6) is 0 Å². The summed E-state index contributed by atoms with van der Waals surface area (Å²) in [5.74, 6) is -0.599. The van der Waals surface area contributed by atoms with Gasteiger partial charge < -0.3 is 20.4 Å². The molecule has 0 radical (unpaired) electrons. The van der Waals surface area contributed by atoms with Crippen LogP contribution in [0.4, 0.5) is 9.18 Å². The Hall–Kier alpha value is -2.68. The Morgan fingerprint density at radius 2 is 1.71 bits per heavy atom. The minimum atomic E-state index is -0.579. The summed E-state index contributed by atoms with van der Waals surface area (Å²) < 4.78 is 13.6. The molecule has 1 aromatic carbocycles. The Morgan fingerprint density at radius 3 is 2.23 bits per heavy atom. The summed E-state index contributed by atoms with van der Waals surface area (Å²) in [6, 6.07) is 6.69. The number of rotatable bonds is 8. The first-order chi connectivity index (χ1) is 16.6. The van der Waals surface area contributed by atoms with Crippen molar-refractivity contribution in [3.05, 3.63) is 35.6 Å². The van der Waals surface area contributed by atoms with Gasteiger partial charge in [-0.3, -0.25) is 14.5 Å². The van der Waals surface area contributed by atoms with Gasteiger partial charge in [-0.15, -0.1) is 0 Å².